The first kappa shape index (κ1) is 15.9. The maximum atomic E-state index is 11.6. The van der Waals surface area contributed by atoms with Gasteiger partial charge in [-0.1, -0.05) is 0 Å². The van der Waals surface area contributed by atoms with Crippen LogP contribution in [0.2, 0.25) is 0 Å². The van der Waals surface area contributed by atoms with Gasteiger partial charge in [-0.05, 0) is 27.2 Å². The number of aliphatic hydroxyl groups excluding tert-OH is 1. The number of aliphatic hydroxyl groups is 1. The minimum absolute atomic E-state index is 0.00190. The Morgan fingerprint density at radius 3 is 2.18 bits per heavy atom. The average molecular weight is 247 g/mol. The van der Waals surface area contributed by atoms with Gasteiger partial charge < -0.3 is 20.3 Å². The number of methoxy groups -OCH3 is 1. The van der Waals surface area contributed by atoms with Gasteiger partial charge in [-0.3, -0.25) is 9.59 Å². The van der Waals surface area contributed by atoms with Crippen molar-refractivity contribution in [2.24, 2.45) is 11.7 Å². The van der Waals surface area contributed by atoms with Crippen LogP contribution in [0.25, 0.3) is 0 Å². The molecule has 0 rings (SSSR count). The highest BCUT2D eigenvalue weighted by Crippen LogP contribution is 2.14. The zero-order valence-electron chi connectivity index (χ0n) is 10.7. The molecule has 0 spiro atoms. The molecule has 0 aliphatic carbocycles. The Morgan fingerprint density at radius 1 is 1.29 bits per heavy atom. The van der Waals surface area contributed by atoms with Crippen LogP contribution in [0.3, 0.4) is 0 Å². The molecule has 0 aliphatic rings. The van der Waals surface area contributed by atoms with E-state index in [0.717, 1.165) is 0 Å². The lowest BCUT2D eigenvalue weighted by atomic mass is 10.0. The fraction of sp³-hybridized carbons (Fsp3) is 0.818. The molecule has 0 saturated carbocycles. The van der Waals surface area contributed by atoms with E-state index in [9.17, 15) is 9.59 Å². The van der Waals surface area contributed by atoms with E-state index in [0.29, 0.717) is 0 Å². The Hall–Kier alpha value is -1.14. The van der Waals surface area contributed by atoms with Crippen LogP contribution in [0, 0.1) is 5.92 Å². The normalized spacial score (nSPS) is 14.9. The molecule has 3 N–H and O–H groups in total. The van der Waals surface area contributed by atoms with Gasteiger partial charge in [0, 0.05) is 0 Å². The second kappa shape index (κ2) is 6.56. The molecule has 2 atom stereocenters. The molecular weight excluding hydrogens is 226 g/mol. The smallest absolute Gasteiger partial charge is 0.322 e. The van der Waals surface area contributed by atoms with E-state index >= 15 is 0 Å². The fourth-order valence-electron chi connectivity index (χ4n) is 1.18. The highest BCUT2D eigenvalue weighted by Gasteiger charge is 2.28. The van der Waals surface area contributed by atoms with Crippen molar-refractivity contribution in [2.75, 3.05) is 13.7 Å². The quantitative estimate of drug-likeness (QED) is 0.654. The summed E-state index contributed by atoms with van der Waals surface area (Å²) in [5, 5.41) is 9.09. The van der Waals surface area contributed by atoms with Crippen molar-refractivity contribution < 1.29 is 24.2 Å². The molecule has 0 fully saturated rings. The number of hydrogen-bond acceptors (Lipinski definition) is 6. The van der Waals surface area contributed by atoms with E-state index in [2.05, 4.69) is 4.74 Å². The van der Waals surface area contributed by atoms with E-state index in [4.69, 9.17) is 15.6 Å². The second-order valence-electron chi connectivity index (χ2n) is 4.78. The van der Waals surface area contributed by atoms with Gasteiger partial charge in [-0.2, -0.15) is 0 Å². The number of nitrogens with two attached hydrogens (primary N) is 1. The summed E-state index contributed by atoms with van der Waals surface area (Å²) in [6.07, 6.45) is -0.00190. The zero-order valence-corrected chi connectivity index (χ0v) is 10.7. The molecule has 1 unspecified atom stereocenters. The Balaban J connectivity index is 4.43. The monoisotopic (exact) mass is 247 g/mol. The summed E-state index contributed by atoms with van der Waals surface area (Å²) in [6, 6.07) is -0.940. The third-order valence-corrected chi connectivity index (χ3v) is 2.00. The minimum Gasteiger partial charge on any atom is -0.468 e. The molecule has 0 radical (unpaired) electrons. The molecule has 0 aromatic carbocycles. The topological polar surface area (TPSA) is 98.9 Å². The van der Waals surface area contributed by atoms with Gasteiger partial charge >= 0.3 is 11.9 Å². The number of carbonyl (C=O) groups is 2. The van der Waals surface area contributed by atoms with Gasteiger partial charge in [0.1, 0.15) is 11.6 Å². The zero-order chi connectivity index (χ0) is 13.6. The number of esters is 2. The lowest BCUT2D eigenvalue weighted by Crippen LogP contribution is -2.38. The molecule has 6 heteroatoms. The van der Waals surface area contributed by atoms with Crippen LogP contribution in [-0.2, 0) is 19.1 Å². The molecule has 0 aromatic heterocycles. The van der Waals surface area contributed by atoms with Crippen molar-refractivity contribution in [3.8, 4) is 0 Å². The van der Waals surface area contributed by atoms with Crippen molar-refractivity contribution >= 4 is 11.9 Å². The van der Waals surface area contributed by atoms with E-state index in [1.807, 2.05) is 0 Å². The SMILES string of the molecule is COC(=O)[C@@H](N)CC(CO)C(=O)OC(C)(C)C. The van der Waals surface area contributed by atoms with Crippen molar-refractivity contribution in [1.29, 1.82) is 0 Å². The molecule has 0 aromatic rings. The van der Waals surface area contributed by atoms with E-state index in [-0.39, 0.29) is 6.42 Å². The molecule has 0 saturated heterocycles. The van der Waals surface area contributed by atoms with Gasteiger partial charge in [0.05, 0.1) is 19.6 Å². The lowest BCUT2D eigenvalue weighted by molar-refractivity contribution is -0.162. The maximum Gasteiger partial charge on any atom is 0.322 e. The van der Waals surface area contributed by atoms with E-state index < -0.39 is 36.1 Å². The Kier molecular flexibility index (Phi) is 6.12. The molecular formula is C11H21NO5. The molecule has 0 heterocycles. The summed E-state index contributed by atoms with van der Waals surface area (Å²) in [5.74, 6) is -2.00. The van der Waals surface area contributed by atoms with E-state index in [1.54, 1.807) is 20.8 Å². The minimum atomic E-state index is -0.940. The van der Waals surface area contributed by atoms with Crippen molar-refractivity contribution in [2.45, 2.75) is 38.8 Å². The van der Waals surface area contributed by atoms with Gasteiger partial charge in [0.15, 0.2) is 0 Å². The predicted molar refractivity (Wildman–Crippen MR) is 61.0 cm³/mol. The summed E-state index contributed by atoms with van der Waals surface area (Å²) >= 11 is 0. The third kappa shape index (κ3) is 6.23. The largest absolute Gasteiger partial charge is 0.468 e. The van der Waals surface area contributed by atoms with Crippen LogP contribution < -0.4 is 5.73 Å². The number of ether oxygens (including phenoxy) is 2. The first-order valence-corrected chi connectivity index (χ1v) is 5.38. The highest BCUT2D eigenvalue weighted by molar-refractivity contribution is 5.78. The van der Waals surface area contributed by atoms with Gasteiger partial charge in [0.25, 0.3) is 0 Å². The molecule has 100 valence electrons. The number of hydrogen-bond donors (Lipinski definition) is 2. The van der Waals surface area contributed by atoms with Gasteiger partial charge in [-0.25, -0.2) is 0 Å². The van der Waals surface area contributed by atoms with Crippen LogP contribution in [-0.4, -0.2) is 42.4 Å². The van der Waals surface area contributed by atoms with Gasteiger partial charge in [-0.15, -0.1) is 0 Å². The maximum absolute atomic E-state index is 11.6. The summed E-state index contributed by atoms with van der Waals surface area (Å²) < 4.78 is 9.54. The first-order chi connectivity index (χ1) is 7.71. The van der Waals surface area contributed by atoms with Crippen LogP contribution in [0.5, 0.6) is 0 Å². The van der Waals surface area contributed by atoms with Crippen LogP contribution in [0.15, 0.2) is 0 Å². The molecule has 0 amide bonds. The van der Waals surface area contributed by atoms with E-state index in [1.165, 1.54) is 7.11 Å². The van der Waals surface area contributed by atoms with Crippen LogP contribution in [0.4, 0.5) is 0 Å². The van der Waals surface area contributed by atoms with Crippen LogP contribution in [0.1, 0.15) is 27.2 Å². The second-order valence-corrected chi connectivity index (χ2v) is 4.78. The number of rotatable bonds is 5. The third-order valence-electron chi connectivity index (χ3n) is 2.00. The van der Waals surface area contributed by atoms with Gasteiger partial charge in [0.2, 0.25) is 0 Å². The highest BCUT2D eigenvalue weighted by atomic mass is 16.6. The summed E-state index contributed by atoms with van der Waals surface area (Å²) in [7, 11) is 1.21. The fourth-order valence-corrected chi connectivity index (χ4v) is 1.18. The molecule has 6 nitrogen and oxygen atoms in total. The Labute approximate surface area is 101 Å². The van der Waals surface area contributed by atoms with Crippen LogP contribution >= 0.6 is 0 Å². The Bertz CT molecular complexity index is 272. The lowest BCUT2D eigenvalue weighted by Gasteiger charge is -2.24. The Morgan fingerprint density at radius 2 is 1.82 bits per heavy atom. The average Bonchev–Trinajstić information content (AvgIpc) is 2.21. The summed E-state index contributed by atoms with van der Waals surface area (Å²) in [4.78, 5) is 22.7. The molecule has 17 heavy (non-hydrogen) atoms. The van der Waals surface area contributed by atoms with Crippen molar-refractivity contribution in [3.63, 3.8) is 0 Å². The number of carbonyl (C=O) groups excluding carboxylic acids is 2. The first-order valence-electron chi connectivity index (χ1n) is 5.38. The molecule has 0 bridgehead atoms. The standard InChI is InChI=1S/C11H21NO5/c1-11(2,3)17-9(14)7(6-13)5-8(12)10(15)16-4/h7-8,13H,5-6,12H2,1-4H3/t7?,8-/m0/s1. The summed E-state index contributed by atoms with van der Waals surface area (Å²) in [6.45, 7) is 4.75. The van der Waals surface area contributed by atoms with Crippen molar-refractivity contribution in [1.82, 2.24) is 0 Å². The summed E-state index contributed by atoms with van der Waals surface area (Å²) in [5.41, 5.74) is 4.87. The predicted octanol–water partition coefficient (Wildman–Crippen LogP) is -0.173. The van der Waals surface area contributed by atoms with Crippen molar-refractivity contribution in [3.05, 3.63) is 0 Å². The molecule has 0 aliphatic heterocycles.